The highest BCUT2D eigenvalue weighted by Crippen LogP contribution is 2.21. The summed E-state index contributed by atoms with van der Waals surface area (Å²) >= 11 is 0. The lowest BCUT2D eigenvalue weighted by molar-refractivity contribution is 0.610. The van der Waals surface area contributed by atoms with Crippen LogP contribution in [0.4, 0.5) is 5.69 Å². The molecule has 96 valence electrons. The number of nitrogens with zero attached hydrogens (tertiary/aromatic N) is 2. The van der Waals surface area contributed by atoms with Crippen LogP contribution in [0.3, 0.4) is 0 Å². The number of aromatic nitrogens is 2. The van der Waals surface area contributed by atoms with Crippen LogP contribution in [0, 0.1) is 0 Å². The highest BCUT2D eigenvalue weighted by molar-refractivity contribution is 5.78. The molecule has 0 bridgehead atoms. The minimum Gasteiger partial charge on any atom is -0.399 e. The van der Waals surface area contributed by atoms with Crippen molar-refractivity contribution >= 4 is 16.7 Å². The van der Waals surface area contributed by atoms with E-state index in [0.717, 1.165) is 23.3 Å². The van der Waals surface area contributed by atoms with E-state index in [1.165, 1.54) is 5.56 Å². The van der Waals surface area contributed by atoms with Crippen LogP contribution in [0.1, 0.15) is 18.4 Å². The van der Waals surface area contributed by atoms with Gasteiger partial charge in [-0.25, -0.2) is 4.98 Å². The van der Waals surface area contributed by atoms with Gasteiger partial charge in [0.25, 0.3) is 0 Å². The zero-order valence-corrected chi connectivity index (χ0v) is 11.0. The first-order valence-corrected chi connectivity index (χ1v) is 6.49. The van der Waals surface area contributed by atoms with E-state index in [1.807, 2.05) is 30.6 Å². The summed E-state index contributed by atoms with van der Waals surface area (Å²) in [4.78, 5) is 4.41. The van der Waals surface area contributed by atoms with Crippen molar-refractivity contribution in [2.75, 3.05) is 5.73 Å². The van der Waals surface area contributed by atoms with Gasteiger partial charge in [0.2, 0.25) is 0 Å². The first kappa shape index (κ1) is 11.8. The van der Waals surface area contributed by atoms with Gasteiger partial charge >= 0.3 is 0 Å². The van der Waals surface area contributed by atoms with Gasteiger partial charge in [0.1, 0.15) is 0 Å². The topological polar surface area (TPSA) is 43.8 Å². The standard InChI is InChI=1S/C16H17N3/c1-12(13-5-3-2-4-6-13)10-19-11-18-15-9-14(17)7-8-16(15)19/h2-9,11-12H,10,17H2,1H3. The Labute approximate surface area is 112 Å². The normalized spacial score (nSPS) is 12.7. The fraction of sp³-hybridized carbons (Fsp3) is 0.188. The average molecular weight is 251 g/mol. The average Bonchev–Trinajstić information content (AvgIpc) is 2.82. The van der Waals surface area contributed by atoms with Crippen molar-refractivity contribution in [3.8, 4) is 0 Å². The quantitative estimate of drug-likeness (QED) is 0.725. The van der Waals surface area contributed by atoms with Crippen molar-refractivity contribution in [2.24, 2.45) is 0 Å². The van der Waals surface area contributed by atoms with E-state index in [9.17, 15) is 0 Å². The van der Waals surface area contributed by atoms with Gasteiger partial charge in [-0.2, -0.15) is 0 Å². The molecule has 2 N–H and O–H groups in total. The van der Waals surface area contributed by atoms with Crippen molar-refractivity contribution in [1.82, 2.24) is 9.55 Å². The molecule has 0 amide bonds. The van der Waals surface area contributed by atoms with E-state index in [4.69, 9.17) is 5.73 Å². The Morgan fingerprint density at radius 2 is 1.95 bits per heavy atom. The number of hydrogen-bond donors (Lipinski definition) is 1. The first-order valence-electron chi connectivity index (χ1n) is 6.49. The summed E-state index contributed by atoms with van der Waals surface area (Å²) in [5, 5.41) is 0. The Kier molecular flexibility index (Phi) is 2.95. The number of benzene rings is 2. The predicted molar refractivity (Wildman–Crippen MR) is 79.0 cm³/mol. The van der Waals surface area contributed by atoms with Gasteiger partial charge in [-0.15, -0.1) is 0 Å². The summed E-state index contributed by atoms with van der Waals surface area (Å²) in [5.74, 6) is 0.455. The van der Waals surface area contributed by atoms with Crippen LogP contribution in [0.5, 0.6) is 0 Å². The molecule has 3 heteroatoms. The van der Waals surface area contributed by atoms with Gasteiger partial charge in [0, 0.05) is 12.2 Å². The molecule has 1 heterocycles. The number of nitrogen functional groups attached to an aromatic ring is 1. The number of hydrogen-bond acceptors (Lipinski definition) is 2. The number of rotatable bonds is 3. The summed E-state index contributed by atoms with van der Waals surface area (Å²) in [6.45, 7) is 3.16. The van der Waals surface area contributed by atoms with Gasteiger partial charge in [-0.1, -0.05) is 37.3 Å². The molecule has 3 aromatic rings. The van der Waals surface area contributed by atoms with Crippen molar-refractivity contribution in [3.05, 3.63) is 60.4 Å². The zero-order chi connectivity index (χ0) is 13.2. The lowest BCUT2D eigenvalue weighted by Gasteiger charge is -2.13. The van der Waals surface area contributed by atoms with Gasteiger partial charge in [-0.05, 0) is 29.7 Å². The molecule has 3 nitrogen and oxygen atoms in total. The van der Waals surface area contributed by atoms with E-state index in [2.05, 4.69) is 40.7 Å². The Bertz CT molecular complexity index is 686. The SMILES string of the molecule is CC(Cn1cnc2cc(N)ccc21)c1ccccc1. The number of nitrogens with two attached hydrogens (primary N) is 1. The molecule has 0 aliphatic carbocycles. The highest BCUT2D eigenvalue weighted by atomic mass is 15.0. The number of anilines is 1. The lowest BCUT2D eigenvalue weighted by Crippen LogP contribution is -2.05. The predicted octanol–water partition coefficient (Wildman–Crippen LogP) is 3.42. The molecule has 1 unspecified atom stereocenters. The van der Waals surface area contributed by atoms with Crippen molar-refractivity contribution in [3.63, 3.8) is 0 Å². The third kappa shape index (κ3) is 2.32. The summed E-state index contributed by atoms with van der Waals surface area (Å²) in [5.41, 5.74) is 9.98. The van der Waals surface area contributed by atoms with Crippen LogP contribution < -0.4 is 5.73 Å². The molecule has 0 saturated heterocycles. The van der Waals surface area contributed by atoms with Crippen molar-refractivity contribution in [1.29, 1.82) is 0 Å². The number of imidazole rings is 1. The van der Waals surface area contributed by atoms with Crippen molar-refractivity contribution < 1.29 is 0 Å². The first-order chi connectivity index (χ1) is 9.24. The fourth-order valence-electron chi connectivity index (χ4n) is 2.41. The molecular weight excluding hydrogens is 234 g/mol. The second-order valence-corrected chi connectivity index (χ2v) is 4.96. The van der Waals surface area contributed by atoms with Crippen LogP contribution in [-0.4, -0.2) is 9.55 Å². The van der Waals surface area contributed by atoms with E-state index in [1.54, 1.807) is 0 Å². The van der Waals surface area contributed by atoms with Crippen LogP contribution in [-0.2, 0) is 6.54 Å². The Morgan fingerprint density at radius 1 is 1.16 bits per heavy atom. The van der Waals surface area contributed by atoms with E-state index >= 15 is 0 Å². The van der Waals surface area contributed by atoms with Gasteiger partial charge in [0.05, 0.1) is 17.4 Å². The number of fused-ring (bicyclic) bond motifs is 1. The third-order valence-corrected chi connectivity index (χ3v) is 3.48. The molecule has 1 atom stereocenters. The Morgan fingerprint density at radius 3 is 2.74 bits per heavy atom. The third-order valence-electron chi connectivity index (χ3n) is 3.48. The van der Waals surface area contributed by atoms with Crippen LogP contribution in [0.15, 0.2) is 54.9 Å². The van der Waals surface area contributed by atoms with Crippen LogP contribution >= 0.6 is 0 Å². The second kappa shape index (κ2) is 4.76. The minimum atomic E-state index is 0.455. The second-order valence-electron chi connectivity index (χ2n) is 4.96. The fourth-order valence-corrected chi connectivity index (χ4v) is 2.41. The summed E-state index contributed by atoms with van der Waals surface area (Å²) in [6.07, 6.45) is 1.89. The van der Waals surface area contributed by atoms with Crippen molar-refractivity contribution in [2.45, 2.75) is 19.4 Å². The monoisotopic (exact) mass is 251 g/mol. The van der Waals surface area contributed by atoms with E-state index < -0.39 is 0 Å². The van der Waals surface area contributed by atoms with Crippen LogP contribution in [0.2, 0.25) is 0 Å². The molecular formula is C16H17N3. The molecule has 0 saturated carbocycles. The Balaban J connectivity index is 1.89. The smallest absolute Gasteiger partial charge is 0.0958 e. The summed E-state index contributed by atoms with van der Waals surface area (Å²) < 4.78 is 2.19. The molecule has 19 heavy (non-hydrogen) atoms. The highest BCUT2D eigenvalue weighted by Gasteiger charge is 2.08. The summed E-state index contributed by atoms with van der Waals surface area (Å²) in [7, 11) is 0. The molecule has 1 aromatic heterocycles. The molecule has 0 fully saturated rings. The minimum absolute atomic E-state index is 0.455. The van der Waals surface area contributed by atoms with Gasteiger partial charge in [-0.3, -0.25) is 0 Å². The molecule has 0 radical (unpaired) electrons. The van der Waals surface area contributed by atoms with Gasteiger partial charge < -0.3 is 10.3 Å². The maximum atomic E-state index is 5.78. The van der Waals surface area contributed by atoms with E-state index in [-0.39, 0.29) is 0 Å². The molecule has 0 aliphatic heterocycles. The maximum Gasteiger partial charge on any atom is 0.0958 e. The molecule has 0 aliphatic rings. The Hall–Kier alpha value is -2.29. The summed E-state index contributed by atoms with van der Waals surface area (Å²) in [6, 6.07) is 16.4. The molecule has 3 rings (SSSR count). The largest absolute Gasteiger partial charge is 0.399 e. The molecule has 2 aromatic carbocycles. The maximum absolute atomic E-state index is 5.78. The van der Waals surface area contributed by atoms with E-state index in [0.29, 0.717) is 5.92 Å². The zero-order valence-electron chi connectivity index (χ0n) is 11.0. The lowest BCUT2D eigenvalue weighted by atomic mass is 10.0. The van der Waals surface area contributed by atoms with Crippen LogP contribution in [0.25, 0.3) is 11.0 Å². The van der Waals surface area contributed by atoms with Gasteiger partial charge in [0.15, 0.2) is 0 Å². The molecule has 0 spiro atoms.